The van der Waals surface area contributed by atoms with Crippen LogP contribution in [0.4, 0.5) is 0 Å². The van der Waals surface area contributed by atoms with Crippen LogP contribution >= 0.6 is 0 Å². The number of nitrogens with one attached hydrogen (secondary N) is 1. The van der Waals surface area contributed by atoms with Gasteiger partial charge < -0.3 is 24.3 Å². The average Bonchev–Trinajstić information content (AvgIpc) is 3.46. The van der Waals surface area contributed by atoms with Gasteiger partial charge in [0.2, 0.25) is 5.91 Å². The molecule has 2 N–H and O–H groups in total. The Morgan fingerprint density at radius 2 is 1.95 bits per heavy atom. The number of imidazole rings is 1. The number of likely N-dealkylation sites (tertiary alicyclic amines) is 1. The molecule has 1 aliphatic heterocycles. The zero-order valence-corrected chi connectivity index (χ0v) is 22.9. The summed E-state index contributed by atoms with van der Waals surface area (Å²) in [6, 6.07) is 8.88. The fourth-order valence-electron chi connectivity index (χ4n) is 5.76. The van der Waals surface area contributed by atoms with Crippen molar-refractivity contribution >= 4 is 22.5 Å². The first-order valence-corrected chi connectivity index (χ1v) is 13.3. The van der Waals surface area contributed by atoms with E-state index in [0.717, 1.165) is 53.9 Å². The molecule has 1 aromatic carbocycles. The number of nitrogens with zero attached hydrogens (tertiary/aromatic N) is 4. The molecule has 0 aliphatic carbocycles. The number of aromatic amines is 1. The maximum Gasteiger partial charge on any atom is 0.236 e. The average molecular weight is 502 g/mol. The number of carbonyl (C=O) groups excluding carboxylic acids is 1. The van der Waals surface area contributed by atoms with Gasteiger partial charge in [0.1, 0.15) is 5.65 Å². The van der Waals surface area contributed by atoms with Crippen molar-refractivity contribution in [3.05, 3.63) is 59.5 Å². The number of aliphatic hydroxyl groups is 1. The number of likely N-dealkylation sites (N-methyl/N-ethyl adjacent to an activating group) is 1. The maximum absolute atomic E-state index is 12.5. The largest absolute Gasteiger partial charge is 0.386 e. The fraction of sp³-hybridized carbons (Fsp3) is 0.467. The van der Waals surface area contributed by atoms with E-state index in [0.29, 0.717) is 18.4 Å². The molecule has 1 saturated heterocycles. The highest BCUT2D eigenvalue weighted by Crippen LogP contribution is 2.39. The van der Waals surface area contributed by atoms with Crippen molar-refractivity contribution in [1.29, 1.82) is 0 Å². The first-order chi connectivity index (χ1) is 17.5. The number of H-pyrrole nitrogens is 1. The van der Waals surface area contributed by atoms with Gasteiger partial charge in [-0.25, -0.2) is 4.98 Å². The number of fused-ring (bicyclic) bond motifs is 2. The predicted molar refractivity (Wildman–Crippen MR) is 149 cm³/mol. The van der Waals surface area contributed by atoms with Gasteiger partial charge in [0.15, 0.2) is 0 Å². The SMILES string of the molecule is CC(C)c1c(-c2cc(C(C)(C)O)c3nccn3c2)[nH]c2ccc(C3CCN(C(=O)CN(C)C)CC3)cc12. The summed E-state index contributed by atoms with van der Waals surface area (Å²) in [5.74, 6) is 0.986. The second-order valence-electron chi connectivity index (χ2n) is 11.6. The van der Waals surface area contributed by atoms with E-state index >= 15 is 0 Å². The fourth-order valence-corrected chi connectivity index (χ4v) is 5.76. The highest BCUT2D eigenvalue weighted by atomic mass is 16.3. The Kier molecular flexibility index (Phi) is 6.62. The summed E-state index contributed by atoms with van der Waals surface area (Å²) in [5.41, 5.74) is 6.46. The quantitative estimate of drug-likeness (QED) is 0.385. The molecule has 7 nitrogen and oxygen atoms in total. The van der Waals surface area contributed by atoms with Crippen LogP contribution in [0.3, 0.4) is 0 Å². The highest BCUT2D eigenvalue weighted by Gasteiger charge is 2.26. The zero-order chi connectivity index (χ0) is 26.5. The maximum atomic E-state index is 12.5. The molecular formula is C30H39N5O2. The van der Waals surface area contributed by atoms with Gasteiger partial charge in [-0.15, -0.1) is 0 Å². The van der Waals surface area contributed by atoms with Crippen molar-refractivity contribution in [1.82, 2.24) is 24.2 Å². The molecule has 5 rings (SSSR count). The van der Waals surface area contributed by atoms with E-state index < -0.39 is 5.60 Å². The lowest BCUT2D eigenvalue weighted by molar-refractivity contribution is -0.132. The van der Waals surface area contributed by atoms with Crippen molar-refractivity contribution in [3.8, 4) is 11.3 Å². The third kappa shape index (κ3) is 4.90. The number of rotatable bonds is 6. The van der Waals surface area contributed by atoms with Crippen LogP contribution in [0.1, 0.15) is 69.1 Å². The van der Waals surface area contributed by atoms with E-state index in [1.807, 2.05) is 34.5 Å². The Labute approximate surface area is 219 Å². The molecule has 4 heterocycles. The Morgan fingerprint density at radius 1 is 1.22 bits per heavy atom. The smallest absolute Gasteiger partial charge is 0.236 e. The Balaban J connectivity index is 1.51. The van der Waals surface area contributed by atoms with Gasteiger partial charge in [0.25, 0.3) is 0 Å². The second-order valence-corrected chi connectivity index (χ2v) is 11.6. The number of benzene rings is 1. The standard InChI is InChI=1S/C30H39N5O2/c1-19(2)27-23-15-21(20-9-12-34(13-10-20)26(36)18-33(5)6)7-8-25(23)32-28(27)22-16-24(30(3,4)37)29-31-11-14-35(29)17-22/h7-8,11,14-17,19-20,32,37H,9-10,12-13,18H2,1-6H3. The van der Waals surface area contributed by atoms with E-state index in [-0.39, 0.29) is 5.91 Å². The zero-order valence-electron chi connectivity index (χ0n) is 22.9. The summed E-state index contributed by atoms with van der Waals surface area (Å²) in [5, 5.41) is 12.1. The lowest BCUT2D eigenvalue weighted by Crippen LogP contribution is -2.42. The lowest BCUT2D eigenvalue weighted by Gasteiger charge is -2.33. The van der Waals surface area contributed by atoms with Gasteiger partial charge in [-0.05, 0) is 81.9 Å². The molecule has 4 aromatic rings. The van der Waals surface area contributed by atoms with E-state index in [1.165, 1.54) is 16.5 Å². The van der Waals surface area contributed by atoms with Crippen LogP contribution in [0, 0.1) is 0 Å². The number of piperidine rings is 1. The molecule has 0 unspecified atom stereocenters. The Hall–Kier alpha value is -3.16. The number of amides is 1. The first-order valence-electron chi connectivity index (χ1n) is 13.3. The molecular weight excluding hydrogens is 462 g/mol. The van der Waals surface area contributed by atoms with Crippen molar-refractivity contribution in [2.75, 3.05) is 33.7 Å². The van der Waals surface area contributed by atoms with Crippen LogP contribution in [-0.2, 0) is 10.4 Å². The highest BCUT2D eigenvalue weighted by molar-refractivity contribution is 5.92. The molecule has 1 amide bonds. The van der Waals surface area contributed by atoms with Gasteiger partial charge in [-0.3, -0.25) is 4.79 Å². The van der Waals surface area contributed by atoms with Crippen molar-refractivity contribution in [2.24, 2.45) is 0 Å². The first kappa shape index (κ1) is 25.5. The van der Waals surface area contributed by atoms with E-state index in [4.69, 9.17) is 0 Å². The normalized spacial score (nSPS) is 15.5. The lowest BCUT2D eigenvalue weighted by atomic mass is 9.87. The number of pyridine rings is 1. The Morgan fingerprint density at radius 3 is 2.59 bits per heavy atom. The predicted octanol–water partition coefficient (Wildman–Crippen LogP) is 5.10. The van der Waals surface area contributed by atoms with Crippen LogP contribution in [0.15, 0.2) is 42.9 Å². The monoisotopic (exact) mass is 501 g/mol. The molecule has 0 spiro atoms. The summed E-state index contributed by atoms with van der Waals surface area (Å²) in [6.45, 7) is 10.2. The topological polar surface area (TPSA) is 76.9 Å². The van der Waals surface area contributed by atoms with Crippen LogP contribution in [-0.4, -0.2) is 68.9 Å². The molecule has 0 bridgehead atoms. The van der Waals surface area contributed by atoms with E-state index in [1.54, 1.807) is 20.0 Å². The molecule has 1 aliphatic rings. The molecule has 0 atom stereocenters. The van der Waals surface area contributed by atoms with Crippen LogP contribution in [0.5, 0.6) is 0 Å². The van der Waals surface area contributed by atoms with Gasteiger partial charge in [-0.2, -0.15) is 0 Å². The van der Waals surface area contributed by atoms with Gasteiger partial charge >= 0.3 is 0 Å². The second kappa shape index (κ2) is 9.62. The van der Waals surface area contributed by atoms with Crippen molar-refractivity contribution in [2.45, 2.75) is 58.0 Å². The van der Waals surface area contributed by atoms with Gasteiger partial charge in [0.05, 0.1) is 17.8 Å². The number of hydrogen-bond acceptors (Lipinski definition) is 4. The molecule has 37 heavy (non-hydrogen) atoms. The minimum absolute atomic E-state index is 0.219. The van der Waals surface area contributed by atoms with Crippen molar-refractivity contribution in [3.63, 3.8) is 0 Å². The minimum atomic E-state index is -1.01. The number of carbonyl (C=O) groups is 1. The minimum Gasteiger partial charge on any atom is -0.386 e. The number of hydrogen-bond donors (Lipinski definition) is 2. The molecule has 0 radical (unpaired) electrons. The van der Waals surface area contributed by atoms with Crippen molar-refractivity contribution < 1.29 is 9.90 Å². The molecule has 3 aromatic heterocycles. The molecule has 7 heteroatoms. The van der Waals surface area contributed by atoms with E-state index in [2.05, 4.69) is 54.3 Å². The summed E-state index contributed by atoms with van der Waals surface area (Å²) in [6.07, 6.45) is 7.78. The molecule has 1 fully saturated rings. The third-order valence-electron chi connectivity index (χ3n) is 7.65. The van der Waals surface area contributed by atoms with Gasteiger partial charge in [0, 0.05) is 53.7 Å². The summed E-state index contributed by atoms with van der Waals surface area (Å²) in [7, 11) is 3.88. The summed E-state index contributed by atoms with van der Waals surface area (Å²) < 4.78 is 2.00. The summed E-state index contributed by atoms with van der Waals surface area (Å²) >= 11 is 0. The molecule has 0 saturated carbocycles. The third-order valence-corrected chi connectivity index (χ3v) is 7.65. The summed E-state index contributed by atoms with van der Waals surface area (Å²) in [4.78, 5) is 24.6. The van der Waals surface area contributed by atoms with E-state index in [9.17, 15) is 9.90 Å². The Bertz CT molecular complexity index is 1430. The van der Waals surface area contributed by atoms with Crippen LogP contribution < -0.4 is 0 Å². The van der Waals surface area contributed by atoms with Crippen LogP contribution in [0.25, 0.3) is 27.8 Å². The number of aromatic nitrogens is 3. The molecule has 196 valence electrons. The van der Waals surface area contributed by atoms with Gasteiger partial charge in [-0.1, -0.05) is 19.9 Å². The van der Waals surface area contributed by atoms with Crippen LogP contribution in [0.2, 0.25) is 0 Å².